The van der Waals surface area contributed by atoms with E-state index < -0.39 is 20.9 Å². The lowest BCUT2D eigenvalue weighted by atomic mass is 10.1. The van der Waals surface area contributed by atoms with Crippen LogP contribution in [-0.4, -0.2) is 72.7 Å². The Bertz CT molecular complexity index is 1160. The maximum absolute atomic E-state index is 13.1. The summed E-state index contributed by atoms with van der Waals surface area (Å²) in [6.45, 7) is 3.88. The van der Waals surface area contributed by atoms with E-state index in [9.17, 15) is 28.1 Å². The largest absolute Gasteiger partial charge is 0.465 e. The topological polar surface area (TPSA) is 143 Å². The number of methoxy groups -OCH3 is 1. The molecule has 3 rings (SSSR count). The van der Waals surface area contributed by atoms with Gasteiger partial charge in [-0.25, -0.2) is 13.2 Å². The fourth-order valence-electron chi connectivity index (χ4n) is 3.71. The summed E-state index contributed by atoms with van der Waals surface area (Å²) in [5.74, 6) is -0.859. The maximum Gasteiger partial charge on any atom is 0.339 e. The summed E-state index contributed by atoms with van der Waals surface area (Å²) in [7, 11) is -2.66. The van der Waals surface area contributed by atoms with Crippen LogP contribution in [0, 0.1) is 17.0 Å². The van der Waals surface area contributed by atoms with E-state index in [1.54, 1.807) is 6.92 Å². The summed E-state index contributed by atoms with van der Waals surface area (Å²) in [5.41, 5.74) is 1.40. The first-order valence-electron chi connectivity index (χ1n) is 9.95. The van der Waals surface area contributed by atoms with E-state index in [0.29, 0.717) is 23.2 Å². The summed E-state index contributed by atoms with van der Waals surface area (Å²) < 4.78 is 31.8. The van der Waals surface area contributed by atoms with Gasteiger partial charge in [-0.2, -0.15) is 4.31 Å². The number of rotatable bonds is 6. The number of carbonyl (C=O) groups excluding carboxylic acids is 2. The molecule has 1 amide bonds. The Balaban J connectivity index is 1.77. The van der Waals surface area contributed by atoms with Gasteiger partial charge in [0.2, 0.25) is 10.0 Å². The lowest BCUT2D eigenvalue weighted by molar-refractivity contribution is -0.385. The molecule has 172 valence electrons. The van der Waals surface area contributed by atoms with Crippen LogP contribution in [-0.2, 0) is 21.2 Å². The van der Waals surface area contributed by atoms with Crippen LogP contribution in [0.5, 0.6) is 0 Å². The SMILES string of the molecule is CCc1[nH]c(C(=O)N2CCN(S(=O)(=O)c3cccc([N+](=O)[O-])c3)CC2)c(C)c1C(=O)OC. The van der Waals surface area contributed by atoms with Crippen molar-refractivity contribution in [2.75, 3.05) is 33.3 Å². The summed E-state index contributed by atoms with van der Waals surface area (Å²) >= 11 is 0. The number of H-pyrrole nitrogens is 1. The number of piperazine rings is 1. The molecular weight excluding hydrogens is 440 g/mol. The molecule has 1 saturated heterocycles. The van der Waals surface area contributed by atoms with Crippen LogP contribution in [0.1, 0.15) is 39.0 Å². The molecule has 1 aromatic heterocycles. The zero-order valence-electron chi connectivity index (χ0n) is 18.0. The van der Waals surface area contributed by atoms with Gasteiger partial charge in [-0.1, -0.05) is 13.0 Å². The Morgan fingerprint density at radius 3 is 2.44 bits per heavy atom. The van der Waals surface area contributed by atoms with E-state index in [2.05, 4.69) is 4.98 Å². The van der Waals surface area contributed by atoms with Gasteiger partial charge in [0.15, 0.2) is 0 Å². The van der Waals surface area contributed by atoms with Crippen molar-refractivity contribution in [1.29, 1.82) is 0 Å². The molecule has 32 heavy (non-hydrogen) atoms. The van der Waals surface area contributed by atoms with E-state index in [4.69, 9.17) is 4.74 Å². The smallest absolute Gasteiger partial charge is 0.339 e. The van der Waals surface area contributed by atoms with Crippen molar-refractivity contribution in [3.8, 4) is 0 Å². The van der Waals surface area contributed by atoms with E-state index >= 15 is 0 Å². The van der Waals surface area contributed by atoms with Crippen molar-refractivity contribution in [1.82, 2.24) is 14.2 Å². The first-order chi connectivity index (χ1) is 15.1. The monoisotopic (exact) mass is 464 g/mol. The Morgan fingerprint density at radius 1 is 1.22 bits per heavy atom. The molecule has 1 N–H and O–H groups in total. The van der Waals surface area contributed by atoms with Crippen LogP contribution in [0.25, 0.3) is 0 Å². The van der Waals surface area contributed by atoms with Crippen molar-refractivity contribution >= 4 is 27.6 Å². The second-order valence-electron chi connectivity index (χ2n) is 7.27. The first-order valence-corrected chi connectivity index (χ1v) is 11.4. The van der Waals surface area contributed by atoms with Gasteiger partial charge in [0, 0.05) is 44.0 Å². The normalized spacial score (nSPS) is 14.9. The quantitative estimate of drug-likeness (QED) is 0.389. The minimum atomic E-state index is -3.94. The number of sulfonamides is 1. The van der Waals surface area contributed by atoms with Gasteiger partial charge in [0.05, 0.1) is 22.5 Å². The number of hydrogen-bond acceptors (Lipinski definition) is 7. The number of amides is 1. The third-order valence-corrected chi connectivity index (χ3v) is 7.37. The number of nitrogens with one attached hydrogen (secondary N) is 1. The number of carbonyl (C=O) groups is 2. The van der Waals surface area contributed by atoms with E-state index in [1.165, 1.54) is 34.5 Å². The maximum atomic E-state index is 13.1. The van der Waals surface area contributed by atoms with Gasteiger partial charge in [-0.3, -0.25) is 14.9 Å². The zero-order valence-corrected chi connectivity index (χ0v) is 18.8. The predicted molar refractivity (Wildman–Crippen MR) is 114 cm³/mol. The number of nitro groups is 1. The average molecular weight is 465 g/mol. The number of aryl methyl sites for hydroxylation is 1. The number of non-ortho nitro benzene ring substituents is 1. The third kappa shape index (κ3) is 4.23. The molecule has 1 aromatic carbocycles. The van der Waals surface area contributed by atoms with E-state index in [-0.39, 0.29) is 48.4 Å². The fraction of sp³-hybridized carbons (Fsp3) is 0.400. The molecule has 0 aliphatic carbocycles. The van der Waals surface area contributed by atoms with Crippen LogP contribution in [0.2, 0.25) is 0 Å². The summed E-state index contributed by atoms with van der Waals surface area (Å²) in [6.07, 6.45) is 0.508. The molecule has 0 bridgehead atoms. The van der Waals surface area contributed by atoms with Gasteiger partial charge < -0.3 is 14.6 Å². The molecule has 0 saturated carbocycles. The molecule has 0 unspecified atom stereocenters. The molecule has 1 fully saturated rings. The highest BCUT2D eigenvalue weighted by molar-refractivity contribution is 7.89. The van der Waals surface area contributed by atoms with Gasteiger partial charge in [0.25, 0.3) is 11.6 Å². The second kappa shape index (κ2) is 9.09. The highest BCUT2D eigenvalue weighted by Gasteiger charge is 2.33. The summed E-state index contributed by atoms with van der Waals surface area (Å²) in [5, 5.41) is 11.0. The lowest BCUT2D eigenvalue weighted by Crippen LogP contribution is -2.50. The van der Waals surface area contributed by atoms with Gasteiger partial charge in [-0.05, 0) is 25.0 Å². The van der Waals surface area contributed by atoms with Crippen molar-refractivity contribution in [3.05, 3.63) is 56.9 Å². The number of nitro benzene ring substituents is 1. The first kappa shape index (κ1) is 23.4. The number of hydrogen-bond donors (Lipinski definition) is 1. The van der Waals surface area contributed by atoms with Gasteiger partial charge in [-0.15, -0.1) is 0 Å². The lowest BCUT2D eigenvalue weighted by Gasteiger charge is -2.34. The molecular formula is C20H24N4O7S. The second-order valence-corrected chi connectivity index (χ2v) is 9.21. The van der Waals surface area contributed by atoms with Crippen LogP contribution in [0.3, 0.4) is 0 Å². The molecule has 2 heterocycles. The number of esters is 1. The molecule has 1 aliphatic heterocycles. The van der Waals surface area contributed by atoms with Crippen molar-refractivity contribution in [2.45, 2.75) is 25.2 Å². The number of aromatic nitrogens is 1. The molecule has 0 radical (unpaired) electrons. The number of ether oxygens (including phenoxy) is 1. The molecule has 0 atom stereocenters. The highest BCUT2D eigenvalue weighted by Crippen LogP contribution is 2.24. The third-order valence-electron chi connectivity index (χ3n) is 5.48. The van der Waals surface area contributed by atoms with Crippen LogP contribution < -0.4 is 0 Å². The minimum absolute atomic E-state index is 0.0427. The Morgan fingerprint density at radius 2 is 1.88 bits per heavy atom. The van der Waals surface area contributed by atoms with Gasteiger partial charge >= 0.3 is 5.97 Å². The van der Waals surface area contributed by atoms with Crippen LogP contribution >= 0.6 is 0 Å². The number of nitrogens with zero attached hydrogens (tertiary/aromatic N) is 3. The Kier molecular flexibility index (Phi) is 6.65. The molecule has 2 aromatic rings. The van der Waals surface area contributed by atoms with E-state index in [0.717, 1.165) is 6.07 Å². The van der Waals surface area contributed by atoms with E-state index in [1.807, 2.05) is 6.92 Å². The molecule has 12 heteroatoms. The minimum Gasteiger partial charge on any atom is -0.465 e. The molecule has 1 aliphatic rings. The Hall–Kier alpha value is -3.25. The zero-order chi connectivity index (χ0) is 23.6. The van der Waals surface area contributed by atoms with Crippen LogP contribution in [0.4, 0.5) is 5.69 Å². The van der Waals surface area contributed by atoms with Crippen molar-refractivity contribution in [2.24, 2.45) is 0 Å². The summed E-state index contributed by atoms with van der Waals surface area (Å²) in [6, 6.07) is 4.88. The van der Waals surface area contributed by atoms with Gasteiger partial charge in [0.1, 0.15) is 5.69 Å². The number of aromatic amines is 1. The van der Waals surface area contributed by atoms with Crippen molar-refractivity contribution in [3.63, 3.8) is 0 Å². The highest BCUT2D eigenvalue weighted by atomic mass is 32.2. The standard InChI is InChI=1S/C20H24N4O7S/c1-4-16-17(20(26)31-3)13(2)18(21-16)19(25)22-8-10-23(11-9-22)32(29,30)15-7-5-6-14(12-15)24(27)28/h5-7,12,21H,4,8-11H2,1-3H3. The summed E-state index contributed by atoms with van der Waals surface area (Å²) in [4.78, 5) is 39.8. The average Bonchev–Trinajstić information content (AvgIpc) is 3.14. The Labute approximate surface area is 185 Å². The number of benzene rings is 1. The molecule has 0 spiro atoms. The van der Waals surface area contributed by atoms with Crippen molar-refractivity contribution < 1.29 is 27.7 Å². The predicted octanol–water partition coefficient (Wildman–Crippen LogP) is 1.73. The van der Waals surface area contributed by atoms with Crippen LogP contribution in [0.15, 0.2) is 29.2 Å². The fourth-order valence-corrected chi connectivity index (χ4v) is 5.17. The molecule has 11 nitrogen and oxygen atoms in total.